The molecule has 10 nitrogen and oxygen atoms in total. The second kappa shape index (κ2) is 12.0. The van der Waals surface area contributed by atoms with Crippen molar-refractivity contribution in [3.63, 3.8) is 0 Å². The lowest BCUT2D eigenvalue weighted by Crippen LogP contribution is -2.70. The van der Waals surface area contributed by atoms with Crippen molar-refractivity contribution in [1.29, 1.82) is 0 Å². The maximum Gasteiger partial charge on any atom is 0.410 e. The van der Waals surface area contributed by atoms with Gasteiger partial charge in [0.15, 0.2) is 17.3 Å². The minimum Gasteiger partial charge on any atom is -0.497 e. The second-order valence-corrected chi connectivity index (χ2v) is 11.6. The number of Topliss-reactive ketones (excluding diaryl/α,β-unsaturated/α-hetero) is 2. The van der Waals surface area contributed by atoms with Gasteiger partial charge in [-0.1, -0.05) is 19.1 Å². The Morgan fingerprint density at radius 2 is 1.82 bits per heavy atom. The van der Waals surface area contributed by atoms with Gasteiger partial charge in [-0.05, 0) is 67.2 Å². The Labute approximate surface area is 237 Å². The lowest BCUT2D eigenvalue weighted by atomic mass is 9.80. The van der Waals surface area contributed by atoms with Crippen LogP contribution in [0.5, 0.6) is 5.75 Å². The largest absolute Gasteiger partial charge is 0.497 e. The minimum atomic E-state index is -1.01. The molecule has 3 atom stereocenters. The SMILES string of the molecule is CCC(=O)C(C(=O)c1nc(Br)cnc1NCc1ccc(OC)cc1)N1CCN(C(=O)OC(C)(C)C)C2CCC21. The van der Waals surface area contributed by atoms with Gasteiger partial charge in [0, 0.05) is 32.1 Å². The van der Waals surface area contributed by atoms with Crippen LogP contribution in [0, 0.1) is 0 Å². The smallest absolute Gasteiger partial charge is 0.410 e. The minimum absolute atomic E-state index is 0.102. The normalized spacial score (nSPS) is 19.9. The summed E-state index contributed by atoms with van der Waals surface area (Å²) in [4.78, 5) is 52.7. The fourth-order valence-electron chi connectivity index (χ4n) is 5.04. The fraction of sp³-hybridized carbons (Fsp3) is 0.536. The second-order valence-electron chi connectivity index (χ2n) is 10.8. The molecule has 4 rings (SSSR count). The van der Waals surface area contributed by atoms with Gasteiger partial charge in [-0.3, -0.25) is 14.5 Å². The summed E-state index contributed by atoms with van der Waals surface area (Å²) in [6.07, 6.45) is 2.95. The van der Waals surface area contributed by atoms with Crippen molar-refractivity contribution >= 4 is 39.4 Å². The fourth-order valence-corrected chi connectivity index (χ4v) is 5.32. The molecule has 0 radical (unpaired) electrons. The number of carbonyl (C=O) groups excluding carboxylic acids is 3. The van der Waals surface area contributed by atoms with Crippen LogP contribution in [0.4, 0.5) is 10.6 Å². The van der Waals surface area contributed by atoms with Crippen molar-refractivity contribution < 1.29 is 23.9 Å². The number of amides is 1. The Balaban J connectivity index is 1.56. The van der Waals surface area contributed by atoms with E-state index in [0.717, 1.165) is 24.2 Å². The van der Waals surface area contributed by atoms with E-state index in [2.05, 4.69) is 31.2 Å². The van der Waals surface area contributed by atoms with Gasteiger partial charge in [-0.25, -0.2) is 14.8 Å². The van der Waals surface area contributed by atoms with Crippen molar-refractivity contribution in [3.8, 4) is 5.75 Å². The Morgan fingerprint density at radius 3 is 2.41 bits per heavy atom. The van der Waals surface area contributed by atoms with Crippen molar-refractivity contribution in [1.82, 2.24) is 19.8 Å². The molecule has 0 bridgehead atoms. The zero-order valence-corrected chi connectivity index (χ0v) is 24.7. The third kappa shape index (κ3) is 6.58. The van der Waals surface area contributed by atoms with E-state index >= 15 is 0 Å². The Morgan fingerprint density at radius 1 is 1.13 bits per heavy atom. The van der Waals surface area contributed by atoms with E-state index < -0.39 is 17.4 Å². The summed E-state index contributed by atoms with van der Waals surface area (Å²) in [6.45, 7) is 8.45. The van der Waals surface area contributed by atoms with Crippen molar-refractivity contribution in [3.05, 3.63) is 46.3 Å². The van der Waals surface area contributed by atoms with Crippen LogP contribution in [-0.2, 0) is 16.1 Å². The van der Waals surface area contributed by atoms with Gasteiger partial charge in [0.05, 0.1) is 19.3 Å². The van der Waals surface area contributed by atoms with E-state index in [1.807, 2.05) is 49.9 Å². The molecule has 3 unspecified atom stereocenters. The molecule has 0 spiro atoms. The van der Waals surface area contributed by atoms with Crippen LogP contribution in [0.25, 0.3) is 0 Å². The summed E-state index contributed by atoms with van der Waals surface area (Å²) in [5.74, 6) is 0.481. The summed E-state index contributed by atoms with van der Waals surface area (Å²) in [7, 11) is 1.61. The number of carbonyl (C=O) groups is 3. The number of nitrogens with zero attached hydrogens (tertiary/aromatic N) is 4. The van der Waals surface area contributed by atoms with E-state index in [9.17, 15) is 14.4 Å². The summed E-state index contributed by atoms with van der Waals surface area (Å²) < 4.78 is 11.2. The van der Waals surface area contributed by atoms with Gasteiger partial charge in [-0.2, -0.15) is 0 Å². The third-order valence-corrected chi connectivity index (χ3v) is 7.47. The molecule has 210 valence electrons. The number of methoxy groups -OCH3 is 1. The van der Waals surface area contributed by atoms with Crippen LogP contribution >= 0.6 is 15.9 Å². The first-order chi connectivity index (χ1) is 18.5. The first kappa shape index (κ1) is 28.9. The van der Waals surface area contributed by atoms with Crippen molar-refractivity contribution in [2.75, 3.05) is 25.5 Å². The predicted molar refractivity (Wildman–Crippen MR) is 150 cm³/mol. The molecule has 1 aromatic carbocycles. The van der Waals surface area contributed by atoms with Gasteiger partial charge in [0.1, 0.15) is 22.0 Å². The number of anilines is 1. The molecule has 39 heavy (non-hydrogen) atoms. The van der Waals surface area contributed by atoms with Crippen LogP contribution in [0.2, 0.25) is 0 Å². The topological polar surface area (TPSA) is 114 Å². The zero-order chi connectivity index (χ0) is 28.3. The number of benzene rings is 1. The molecule has 1 aromatic heterocycles. The van der Waals surface area contributed by atoms with Crippen LogP contribution in [-0.4, -0.2) is 81.4 Å². The maximum atomic E-state index is 14.0. The molecule has 2 heterocycles. The summed E-state index contributed by atoms with van der Waals surface area (Å²) in [5.41, 5.74) is 0.476. The van der Waals surface area contributed by atoms with Crippen molar-refractivity contribution in [2.24, 2.45) is 0 Å². The first-order valence-electron chi connectivity index (χ1n) is 13.2. The van der Waals surface area contributed by atoms with Crippen molar-refractivity contribution in [2.45, 2.75) is 77.2 Å². The zero-order valence-electron chi connectivity index (χ0n) is 23.1. The molecule has 1 amide bonds. The monoisotopic (exact) mass is 601 g/mol. The molecule has 1 N–H and O–H groups in total. The predicted octanol–water partition coefficient (Wildman–Crippen LogP) is 4.47. The number of rotatable bonds is 9. The number of nitrogens with one attached hydrogen (secondary N) is 1. The average Bonchev–Trinajstić information content (AvgIpc) is 2.87. The third-order valence-electron chi connectivity index (χ3n) is 7.08. The molecule has 11 heteroatoms. The van der Waals surface area contributed by atoms with Crippen LogP contribution < -0.4 is 10.1 Å². The number of piperazine rings is 1. The molecular formula is C28H36BrN5O5. The number of hydrogen-bond acceptors (Lipinski definition) is 9. The highest BCUT2D eigenvalue weighted by Gasteiger charge is 2.50. The molecule has 2 aromatic rings. The van der Waals surface area contributed by atoms with E-state index in [4.69, 9.17) is 9.47 Å². The highest BCUT2D eigenvalue weighted by atomic mass is 79.9. The Bertz CT molecular complexity index is 1220. The number of fused-ring (bicyclic) bond motifs is 1. The number of ketones is 2. The van der Waals surface area contributed by atoms with Crippen LogP contribution in [0.1, 0.15) is 63.0 Å². The van der Waals surface area contributed by atoms with Gasteiger partial charge in [-0.15, -0.1) is 0 Å². The molecule has 1 aliphatic heterocycles. The molecule has 1 saturated carbocycles. The first-order valence-corrected chi connectivity index (χ1v) is 14.0. The van der Waals surface area contributed by atoms with E-state index in [1.54, 1.807) is 18.9 Å². The van der Waals surface area contributed by atoms with Crippen LogP contribution in [0.15, 0.2) is 35.1 Å². The van der Waals surface area contributed by atoms with Gasteiger partial charge >= 0.3 is 6.09 Å². The molecular weight excluding hydrogens is 566 g/mol. The van der Waals surface area contributed by atoms with E-state index in [-0.39, 0.29) is 36.1 Å². The van der Waals surface area contributed by atoms with Gasteiger partial charge < -0.3 is 19.7 Å². The average molecular weight is 603 g/mol. The number of aromatic nitrogens is 2. The highest BCUT2D eigenvalue weighted by Crippen LogP contribution is 2.37. The Hall–Kier alpha value is -3.05. The number of hydrogen-bond donors (Lipinski definition) is 1. The number of halogens is 1. The van der Waals surface area contributed by atoms with E-state index in [0.29, 0.717) is 30.1 Å². The molecule has 1 saturated heterocycles. The molecule has 2 aliphatic rings. The molecule has 1 aliphatic carbocycles. The van der Waals surface area contributed by atoms with Gasteiger partial charge in [0.2, 0.25) is 5.78 Å². The Kier molecular flexibility index (Phi) is 8.90. The summed E-state index contributed by atoms with van der Waals surface area (Å²) >= 11 is 3.33. The summed E-state index contributed by atoms with van der Waals surface area (Å²) in [6, 6.07) is 6.35. The van der Waals surface area contributed by atoms with Gasteiger partial charge in [0.25, 0.3) is 0 Å². The van der Waals surface area contributed by atoms with E-state index in [1.165, 1.54) is 6.20 Å². The maximum absolute atomic E-state index is 14.0. The lowest BCUT2D eigenvalue weighted by Gasteiger charge is -2.55. The van der Waals surface area contributed by atoms with Crippen LogP contribution in [0.3, 0.4) is 0 Å². The molecule has 2 fully saturated rings. The highest BCUT2D eigenvalue weighted by molar-refractivity contribution is 9.10. The number of ether oxygens (including phenoxy) is 2. The standard InChI is InChI=1S/C28H36BrN5O5/c1-6-21(35)24(33-13-14-34(20-12-11-19(20)33)27(37)39-28(2,3)4)25(36)23-26(31-16-22(29)32-23)30-15-17-7-9-18(38-5)10-8-17/h7-10,16,19-20,24H,6,11-15H2,1-5H3,(H,30,31). The summed E-state index contributed by atoms with van der Waals surface area (Å²) in [5, 5.41) is 3.21. The quantitative estimate of drug-likeness (QED) is 0.328. The lowest BCUT2D eigenvalue weighted by molar-refractivity contribution is -0.127.